The molecule has 0 aromatic carbocycles. The molecule has 3 aliphatic rings. The van der Waals surface area contributed by atoms with Gasteiger partial charge >= 0.3 is 0 Å². The molecule has 3 rings (SSSR count). The van der Waals surface area contributed by atoms with Crippen LogP contribution in [0.2, 0.25) is 0 Å². The van der Waals surface area contributed by atoms with E-state index in [-0.39, 0.29) is 23.1 Å². The van der Waals surface area contributed by atoms with E-state index in [2.05, 4.69) is 13.8 Å². The Morgan fingerprint density at radius 2 is 1.88 bits per heavy atom. The molecule has 0 N–H and O–H groups in total. The van der Waals surface area contributed by atoms with Gasteiger partial charge in [0, 0.05) is 19.4 Å². The summed E-state index contributed by atoms with van der Waals surface area (Å²) in [7, 11) is 0. The first-order chi connectivity index (χ1) is 7.93. The van der Waals surface area contributed by atoms with Crippen LogP contribution in [0.15, 0.2) is 0 Å². The van der Waals surface area contributed by atoms with Gasteiger partial charge in [0.2, 0.25) is 5.91 Å². The normalized spacial score (nSPS) is 34.1. The van der Waals surface area contributed by atoms with Gasteiger partial charge in [0.15, 0.2) is 5.78 Å². The lowest BCUT2D eigenvalue weighted by Gasteiger charge is -2.63. The average Bonchev–Trinajstić information content (AvgIpc) is 2.35. The Bertz CT molecular complexity index is 348. The molecule has 0 aromatic heterocycles. The summed E-state index contributed by atoms with van der Waals surface area (Å²) in [5, 5.41) is 0. The predicted octanol–water partition coefficient (Wildman–Crippen LogP) is 2.25. The zero-order valence-electron chi connectivity index (χ0n) is 11.3. The summed E-state index contributed by atoms with van der Waals surface area (Å²) in [4.78, 5) is 25.9. The third kappa shape index (κ3) is 1.71. The molecule has 96 valence electrons. The van der Waals surface area contributed by atoms with Crippen molar-refractivity contribution in [1.82, 2.24) is 4.90 Å². The summed E-state index contributed by atoms with van der Waals surface area (Å²) in [6.07, 6.45) is 2.17. The van der Waals surface area contributed by atoms with Crippen molar-refractivity contribution < 1.29 is 9.59 Å². The molecule has 2 heterocycles. The maximum Gasteiger partial charge on any atom is 0.222 e. The fraction of sp³-hybridized carbons (Fsp3) is 0.857. The van der Waals surface area contributed by atoms with Crippen molar-refractivity contribution in [2.75, 3.05) is 6.54 Å². The molecular weight excluding hydrogens is 214 g/mol. The molecule has 2 aliphatic heterocycles. The number of rotatable bonds is 3. The fourth-order valence-corrected chi connectivity index (χ4v) is 3.54. The van der Waals surface area contributed by atoms with Crippen LogP contribution in [-0.2, 0) is 9.59 Å². The first-order valence-corrected chi connectivity index (χ1v) is 6.75. The van der Waals surface area contributed by atoms with Crippen LogP contribution in [0.4, 0.5) is 0 Å². The second-order valence-corrected chi connectivity index (χ2v) is 6.02. The average molecular weight is 237 g/mol. The van der Waals surface area contributed by atoms with Crippen molar-refractivity contribution in [2.45, 2.75) is 53.0 Å². The minimum Gasteiger partial charge on any atom is -0.332 e. The minimum atomic E-state index is -0.146. The number of fused-ring (bicyclic) bond motifs is 2. The Morgan fingerprint density at radius 3 is 2.35 bits per heavy atom. The zero-order valence-corrected chi connectivity index (χ0v) is 11.3. The molecular formula is C14H23NO2. The van der Waals surface area contributed by atoms with Gasteiger partial charge in [0.1, 0.15) is 0 Å². The largest absolute Gasteiger partial charge is 0.332 e. The van der Waals surface area contributed by atoms with E-state index in [0.29, 0.717) is 24.7 Å². The summed E-state index contributed by atoms with van der Waals surface area (Å²) in [5.41, 5.74) is 0.236. The topological polar surface area (TPSA) is 37.4 Å². The van der Waals surface area contributed by atoms with Crippen LogP contribution in [0.3, 0.4) is 0 Å². The summed E-state index contributed by atoms with van der Waals surface area (Å²) in [5.74, 6) is 1.35. The smallest absolute Gasteiger partial charge is 0.222 e. The van der Waals surface area contributed by atoms with Gasteiger partial charge in [-0.05, 0) is 23.7 Å². The number of Topliss-reactive ketones (excluding diaryl/α,β-unsaturated/α-hetero) is 1. The Hall–Kier alpha value is -0.860. The van der Waals surface area contributed by atoms with Gasteiger partial charge in [-0.1, -0.05) is 27.7 Å². The molecule has 1 saturated carbocycles. The van der Waals surface area contributed by atoms with Gasteiger partial charge in [0.25, 0.3) is 0 Å². The number of carbonyl (C=O) groups excluding carboxylic acids is 2. The highest BCUT2D eigenvalue weighted by Crippen LogP contribution is 2.57. The monoisotopic (exact) mass is 237 g/mol. The van der Waals surface area contributed by atoms with E-state index >= 15 is 0 Å². The van der Waals surface area contributed by atoms with Crippen molar-refractivity contribution in [3.05, 3.63) is 0 Å². The lowest BCUT2D eigenvalue weighted by Crippen LogP contribution is -2.68. The van der Waals surface area contributed by atoms with Crippen molar-refractivity contribution >= 4 is 11.7 Å². The Morgan fingerprint density at radius 1 is 1.24 bits per heavy atom. The lowest BCUT2D eigenvalue weighted by atomic mass is 9.49. The third-order valence-corrected chi connectivity index (χ3v) is 4.98. The Labute approximate surface area is 104 Å². The van der Waals surface area contributed by atoms with Gasteiger partial charge in [-0.3, -0.25) is 9.59 Å². The summed E-state index contributed by atoms with van der Waals surface area (Å²) >= 11 is 0. The van der Waals surface area contributed by atoms with E-state index in [4.69, 9.17) is 0 Å². The number of ketones is 1. The number of amides is 1. The first kappa shape index (κ1) is 12.6. The highest BCUT2D eigenvalue weighted by Gasteiger charge is 2.59. The standard InChI is InChI=1S/C14H23NO2/c1-5-11(16)13-10-7-9(14(10,3)4)8-15(13)12(17)6-2/h9-10,13H,5-8H2,1-4H3. The van der Waals surface area contributed by atoms with E-state index in [1.807, 2.05) is 18.7 Å². The van der Waals surface area contributed by atoms with Crippen LogP contribution in [0.25, 0.3) is 0 Å². The molecule has 3 fully saturated rings. The minimum absolute atomic E-state index is 0.141. The summed E-state index contributed by atoms with van der Waals surface area (Å²) in [6, 6.07) is -0.146. The second kappa shape index (κ2) is 4.11. The first-order valence-electron chi connectivity index (χ1n) is 6.75. The summed E-state index contributed by atoms with van der Waals surface area (Å²) < 4.78 is 0. The molecule has 3 heteroatoms. The summed E-state index contributed by atoms with van der Waals surface area (Å²) in [6.45, 7) is 9.05. The van der Waals surface area contributed by atoms with E-state index < -0.39 is 0 Å². The van der Waals surface area contributed by atoms with Crippen molar-refractivity contribution in [1.29, 1.82) is 0 Å². The molecule has 1 amide bonds. The van der Waals surface area contributed by atoms with Gasteiger partial charge < -0.3 is 4.90 Å². The molecule has 0 radical (unpaired) electrons. The molecule has 3 unspecified atom stereocenters. The molecule has 0 aromatic rings. The van der Waals surface area contributed by atoms with E-state index in [9.17, 15) is 9.59 Å². The quantitative estimate of drug-likeness (QED) is 0.755. The number of carbonyl (C=O) groups is 2. The van der Waals surface area contributed by atoms with E-state index in [1.165, 1.54) is 0 Å². The van der Waals surface area contributed by atoms with Crippen LogP contribution < -0.4 is 0 Å². The third-order valence-electron chi connectivity index (χ3n) is 4.98. The number of piperidine rings is 2. The predicted molar refractivity (Wildman–Crippen MR) is 66.5 cm³/mol. The maximum absolute atomic E-state index is 12.1. The van der Waals surface area contributed by atoms with Gasteiger partial charge in [0.05, 0.1) is 6.04 Å². The highest BCUT2D eigenvalue weighted by atomic mass is 16.2. The van der Waals surface area contributed by atoms with Crippen molar-refractivity contribution in [2.24, 2.45) is 17.3 Å². The van der Waals surface area contributed by atoms with Crippen LogP contribution in [-0.4, -0.2) is 29.2 Å². The number of hydrogen-bond acceptors (Lipinski definition) is 2. The van der Waals surface area contributed by atoms with E-state index in [1.54, 1.807) is 0 Å². The molecule has 17 heavy (non-hydrogen) atoms. The Kier molecular flexibility index (Phi) is 3.04. The van der Waals surface area contributed by atoms with Crippen LogP contribution in [0, 0.1) is 17.3 Å². The second-order valence-electron chi connectivity index (χ2n) is 6.02. The van der Waals surface area contributed by atoms with E-state index in [0.717, 1.165) is 13.0 Å². The van der Waals surface area contributed by atoms with Gasteiger partial charge in [-0.2, -0.15) is 0 Å². The lowest BCUT2D eigenvalue weighted by molar-refractivity contribution is -0.174. The number of hydrogen-bond donors (Lipinski definition) is 0. The number of nitrogens with zero attached hydrogens (tertiary/aromatic N) is 1. The van der Waals surface area contributed by atoms with Gasteiger partial charge in [-0.15, -0.1) is 0 Å². The molecule has 3 atom stereocenters. The van der Waals surface area contributed by atoms with Crippen molar-refractivity contribution in [3.63, 3.8) is 0 Å². The fourth-order valence-electron chi connectivity index (χ4n) is 3.54. The molecule has 1 aliphatic carbocycles. The van der Waals surface area contributed by atoms with Crippen LogP contribution in [0.5, 0.6) is 0 Å². The SMILES string of the molecule is CCC(=O)C1C2CC(CN1C(=O)CC)C2(C)C. The molecule has 2 bridgehead atoms. The highest BCUT2D eigenvalue weighted by molar-refractivity contribution is 5.89. The Balaban J connectivity index is 2.25. The molecule has 0 spiro atoms. The molecule has 3 nitrogen and oxygen atoms in total. The zero-order chi connectivity index (χ0) is 12.8. The van der Waals surface area contributed by atoms with Crippen LogP contribution >= 0.6 is 0 Å². The maximum atomic E-state index is 12.1. The molecule has 2 saturated heterocycles. The van der Waals surface area contributed by atoms with Crippen LogP contribution in [0.1, 0.15) is 47.0 Å². The van der Waals surface area contributed by atoms with Gasteiger partial charge in [-0.25, -0.2) is 0 Å². The van der Waals surface area contributed by atoms with Crippen molar-refractivity contribution in [3.8, 4) is 0 Å².